The Kier molecular flexibility index (Phi) is 3.52. The summed E-state index contributed by atoms with van der Waals surface area (Å²) in [5.74, 6) is 0.274. The zero-order valence-electron chi connectivity index (χ0n) is 10.5. The van der Waals surface area contributed by atoms with Crippen LogP contribution in [0.1, 0.15) is 28.4 Å². The smallest absolute Gasteiger partial charge is 0.291 e. The number of aromatic nitrogens is 4. The minimum Gasteiger partial charge on any atom is -0.349 e. The monoisotopic (exact) mass is 248 g/mol. The van der Waals surface area contributed by atoms with Crippen LogP contribution < -0.4 is 11.1 Å². The lowest BCUT2D eigenvalue weighted by Gasteiger charge is -1.99. The minimum absolute atomic E-state index is 0.133. The molecule has 1 amide bonds. The first-order valence-corrected chi connectivity index (χ1v) is 5.81. The summed E-state index contributed by atoms with van der Waals surface area (Å²) in [7, 11) is 0. The maximum atomic E-state index is 11.8. The molecule has 96 valence electrons. The molecule has 18 heavy (non-hydrogen) atoms. The first kappa shape index (κ1) is 12.4. The maximum Gasteiger partial charge on any atom is 0.291 e. The summed E-state index contributed by atoms with van der Waals surface area (Å²) in [4.78, 5) is 20.1. The molecule has 0 saturated carbocycles. The van der Waals surface area contributed by atoms with Crippen molar-refractivity contribution in [2.24, 2.45) is 5.73 Å². The quantitative estimate of drug-likeness (QED) is 0.731. The van der Waals surface area contributed by atoms with Crippen LogP contribution in [0.4, 0.5) is 0 Å². The molecule has 3 N–H and O–H groups in total. The number of nitrogens with one attached hydrogen (secondary N) is 1. The van der Waals surface area contributed by atoms with Crippen LogP contribution in [0.15, 0.2) is 6.07 Å². The largest absolute Gasteiger partial charge is 0.349 e. The van der Waals surface area contributed by atoms with E-state index >= 15 is 0 Å². The van der Waals surface area contributed by atoms with Crippen LogP contribution >= 0.6 is 0 Å². The molecule has 0 unspecified atom stereocenters. The number of fused-ring (bicyclic) bond motifs is 1. The second-order valence-corrected chi connectivity index (χ2v) is 4.08. The molecule has 0 spiro atoms. The van der Waals surface area contributed by atoms with Crippen LogP contribution in [0.25, 0.3) is 5.78 Å². The van der Waals surface area contributed by atoms with E-state index in [0.717, 1.165) is 17.8 Å². The fourth-order valence-electron chi connectivity index (χ4n) is 1.65. The molecule has 0 bridgehead atoms. The predicted molar refractivity (Wildman–Crippen MR) is 66.3 cm³/mol. The van der Waals surface area contributed by atoms with Crippen LogP contribution in [0.5, 0.6) is 0 Å². The molecule has 0 saturated heterocycles. The first-order chi connectivity index (χ1) is 8.61. The third kappa shape index (κ3) is 2.45. The molecule has 2 heterocycles. The van der Waals surface area contributed by atoms with Crippen molar-refractivity contribution in [3.8, 4) is 0 Å². The third-order valence-corrected chi connectivity index (χ3v) is 2.49. The second-order valence-electron chi connectivity index (χ2n) is 4.08. The number of aryl methyl sites for hydroxylation is 2. The van der Waals surface area contributed by atoms with E-state index in [4.69, 9.17) is 5.73 Å². The molecule has 0 radical (unpaired) electrons. The van der Waals surface area contributed by atoms with Gasteiger partial charge in [-0.1, -0.05) is 0 Å². The summed E-state index contributed by atoms with van der Waals surface area (Å²) in [5, 5.41) is 6.84. The highest BCUT2D eigenvalue weighted by Crippen LogP contribution is 2.05. The number of carbonyl (C=O) groups is 1. The van der Waals surface area contributed by atoms with Crippen molar-refractivity contribution in [1.29, 1.82) is 0 Å². The number of rotatable bonds is 4. The Morgan fingerprint density at radius 1 is 1.44 bits per heavy atom. The number of hydrogen-bond acceptors (Lipinski definition) is 5. The summed E-state index contributed by atoms with van der Waals surface area (Å²) in [6.45, 7) is 4.84. The summed E-state index contributed by atoms with van der Waals surface area (Å²) in [6.07, 6.45) is 0.732. The second kappa shape index (κ2) is 5.09. The zero-order valence-corrected chi connectivity index (χ0v) is 10.5. The maximum absolute atomic E-state index is 11.8. The molecular formula is C11H16N6O. The lowest BCUT2D eigenvalue weighted by molar-refractivity contribution is 0.0943. The number of hydrogen-bond donors (Lipinski definition) is 2. The highest BCUT2D eigenvalue weighted by Gasteiger charge is 2.14. The molecule has 0 fully saturated rings. The predicted octanol–water partition coefficient (Wildman–Crippen LogP) is -0.180. The normalized spacial score (nSPS) is 10.8. The van der Waals surface area contributed by atoms with Gasteiger partial charge in [-0.3, -0.25) is 4.79 Å². The van der Waals surface area contributed by atoms with Crippen molar-refractivity contribution in [2.45, 2.75) is 20.3 Å². The van der Waals surface area contributed by atoms with Crippen molar-refractivity contribution < 1.29 is 4.79 Å². The fraction of sp³-hybridized carbons (Fsp3) is 0.455. The van der Waals surface area contributed by atoms with Gasteiger partial charge in [-0.05, 0) is 32.9 Å². The van der Waals surface area contributed by atoms with E-state index in [9.17, 15) is 4.79 Å². The Labute approximate surface area is 104 Å². The molecule has 0 aliphatic heterocycles. The number of nitrogens with two attached hydrogens (primary N) is 1. The molecular weight excluding hydrogens is 232 g/mol. The summed E-state index contributed by atoms with van der Waals surface area (Å²) >= 11 is 0. The molecule has 2 rings (SSSR count). The van der Waals surface area contributed by atoms with Crippen molar-refractivity contribution in [2.75, 3.05) is 13.1 Å². The first-order valence-electron chi connectivity index (χ1n) is 5.81. The molecule has 7 nitrogen and oxygen atoms in total. The third-order valence-electron chi connectivity index (χ3n) is 2.49. The highest BCUT2D eigenvalue weighted by atomic mass is 16.2. The molecule has 0 aliphatic rings. The molecule has 0 aliphatic carbocycles. The van der Waals surface area contributed by atoms with Crippen LogP contribution in [0, 0.1) is 13.8 Å². The minimum atomic E-state index is -0.300. The SMILES string of the molecule is Cc1cc(C)n2nc(C(=O)NCCCN)nc2n1. The van der Waals surface area contributed by atoms with Gasteiger partial charge in [-0.25, -0.2) is 9.50 Å². The molecule has 0 atom stereocenters. The standard InChI is InChI=1S/C11H16N6O/c1-7-6-8(2)17-11(14-7)15-9(16-17)10(18)13-5-3-4-12/h6H,3-5,12H2,1-2H3,(H,13,18). The van der Waals surface area contributed by atoms with Gasteiger partial charge in [-0.15, -0.1) is 5.10 Å². The Bertz CT molecular complexity index is 576. The topological polar surface area (TPSA) is 98.2 Å². The van der Waals surface area contributed by atoms with Crippen molar-refractivity contribution in [3.63, 3.8) is 0 Å². The van der Waals surface area contributed by atoms with Gasteiger partial charge in [0.2, 0.25) is 5.82 Å². The van der Waals surface area contributed by atoms with Gasteiger partial charge in [0.05, 0.1) is 0 Å². The van der Waals surface area contributed by atoms with Crippen LogP contribution in [0.3, 0.4) is 0 Å². The Balaban J connectivity index is 2.24. The number of amides is 1. The van der Waals surface area contributed by atoms with E-state index in [1.807, 2.05) is 19.9 Å². The highest BCUT2D eigenvalue weighted by molar-refractivity contribution is 5.90. The lowest BCUT2D eigenvalue weighted by Crippen LogP contribution is -2.27. The Morgan fingerprint density at radius 2 is 2.22 bits per heavy atom. The van der Waals surface area contributed by atoms with Crippen molar-refractivity contribution >= 4 is 11.7 Å². The molecule has 0 aromatic carbocycles. The van der Waals surface area contributed by atoms with Gasteiger partial charge < -0.3 is 11.1 Å². The van der Waals surface area contributed by atoms with E-state index in [2.05, 4.69) is 20.4 Å². The van der Waals surface area contributed by atoms with Crippen molar-refractivity contribution in [3.05, 3.63) is 23.3 Å². The average Bonchev–Trinajstić information content (AvgIpc) is 2.73. The van der Waals surface area contributed by atoms with Crippen LogP contribution in [-0.2, 0) is 0 Å². The summed E-state index contributed by atoms with van der Waals surface area (Å²) < 4.78 is 1.56. The number of nitrogens with zero attached hydrogens (tertiary/aromatic N) is 4. The van der Waals surface area contributed by atoms with Gasteiger partial charge in [0.25, 0.3) is 11.7 Å². The fourth-order valence-corrected chi connectivity index (χ4v) is 1.65. The van der Waals surface area contributed by atoms with Gasteiger partial charge >= 0.3 is 0 Å². The van der Waals surface area contributed by atoms with E-state index in [0.29, 0.717) is 18.9 Å². The Morgan fingerprint density at radius 3 is 2.94 bits per heavy atom. The molecule has 7 heteroatoms. The van der Waals surface area contributed by atoms with Gasteiger partial charge in [0, 0.05) is 17.9 Å². The van der Waals surface area contributed by atoms with Gasteiger partial charge in [-0.2, -0.15) is 4.98 Å². The zero-order chi connectivity index (χ0) is 13.1. The lowest BCUT2D eigenvalue weighted by atomic mass is 10.4. The van der Waals surface area contributed by atoms with Crippen molar-refractivity contribution in [1.82, 2.24) is 24.9 Å². The van der Waals surface area contributed by atoms with E-state index < -0.39 is 0 Å². The Hall–Kier alpha value is -2.02. The van der Waals surface area contributed by atoms with E-state index in [1.165, 1.54) is 0 Å². The summed E-state index contributed by atoms with van der Waals surface area (Å²) in [6, 6.07) is 1.89. The van der Waals surface area contributed by atoms with Crippen LogP contribution in [-0.4, -0.2) is 38.6 Å². The number of carbonyl (C=O) groups excluding carboxylic acids is 1. The van der Waals surface area contributed by atoms with E-state index in [-0.39, 0.29) is 11.7 Å². The molecule has 2 aromatic rings. The summed E-state index contributed by atoms with van der Waals surface area (Å²) in [5.41, 5.74) is 7.10. The van der Waals surface area contributed by atoms with Crippen LogP contribution in [0.2, 0.25) is 0 Å². The molecule has 2 aromatic heterocycles. The van der Waals surface area contributed by atoms with E-state index in [1.54, 1.807) is 4.52 Å². The average molecular weight is 248 g/mol. The van der Waals surface area contributed by atoms with Gasteiger partial charge in [0.1, 0.15) is 0 Å². The van der Waals surface area contributed by atoms with Gasteiger partial charge in [0.15, 0.2) is 0 Å².